The second-order valence-electron chi connectivity index (χ2n) is 6.46. The van der Waals surface area contributed by atoms with Gasteiger partial charge in [-0.25, -0.2) is 0 Å². The Morgan fingerprint density at radius 1 is 1.16 bits per heavy atom. The minimum Gasteiger partial charge on any atom is -0.361 e. The fraction of sp³-hybridized carbons (Fsp3) is 0.647. The number of hydrogen-bond donors (Lipinski definition) is 0. The third kappa shape index (κ3) is 2.32. The number of hydrogen-bond acceptors (Lipinski definition) is 2. The number of benzene rings is 1. The van der Waals surface area contributed by atoms with Crippen molar-refractivity contribution in [3.63, 3.8) is 0 Å². The second-order valence-corrected chi connectivity index (χ2v) is 6.46. The number of nitrogens with zero attached hydrogens (tertiary/aromatic N) is 1. The van der Waals surface area contributed by atoms with E-state index < -0.39 is 0 Å². The SMILES string of the molecule is CC(C)[C@H]1CC[C@@H](C)[C@@H]2OC[C@@H](c3ccccc3)N12. The number of piperidine rings is 1. The summed E-state index contributed by atoms with van der Waals surface area (Å²) in [5, 5.41) is 0. The van der Waals surface area contributed by atoms with Crippen molar-refractivity contribution in [2.24, 2.45) is 11.8 Å². The van der Waals surface area contributed by atoms with Gasteiger partial charge in [-0.05, 0) is 30.2 Å². The molecule has 0 unspecified atom stereocenters. The Bertz CT molecular complexity index is 417. The Balaban J connectivity index is 1.90. The van der Waals surface area contributed by atoms with Gasteiger partial charge in [0.1, 0.15) is 6.23 Å². The van der Waals surface area contributed by atoms with Gasteiger partial charge >= 0.3 is 0 Å². The standard InChI is InChI=1S/C17H25NO/c1-12(2)15-10-9-13(3)17-18(15)16(11-19-17)14-7-5-4-6-8-14/h4-8,12-13,15-17H,9-11H2,1-3H3/t13-,15-,16+,17+/m1/s1. The monoisotopic (exact) mass is 259 g/mol. The van der Waals surface area contributed by atoms with Crippen LogP contribution in [0.2, 0.25) is 0 Å². The fourth-order valence-corrected chi connectivity index (χ4v) is 3.76. The Labute approximate surface area is 116 Å². The van der Waals surface area contributed by atoms with E-state index in [0.29, 0.717) is 30.1 Å². The van der Waals surface area contributed by atoms with Crippen LogP contribution in [-0.2, 0) is 4.74 Å². The first-order valence-corrected chi connectivity index (χ1v) is 7.62. The summed E-state index contributed by atoms with van der Waals surface area (Å²) in [4.78, 5) is 2.66. The molecule has 2 aliphatic heterocycles. The van der Waals surface area contributed by atoms with Crippen LogP contribution in [0, 0.1) is 11.8 Å². The van der Waals surface area contributed by atoms with E-state index in [4.69, 9.17) is 4.74 Å². The zero-order chi connectivity index (χ0) is 13.4. The highest BCUT2D eigenvalue weighted by Gasteiger charge is 2.45. The number of rotatable bonds is 2. The molecule has 0 aromatic heterocycles. The van der Waals surface area contributed by atoms with Crippen LogP contribution < -0.4 is 0 Å². The van der Waals surface area contributed by atoms with Gasteiger partial charge in [0, 0.05) is 6.04 Å². The molecule has 104 valence electrons. The van der Waals surface area contributed by atoms with E-state index in [9.17, 15) is 0 Å². The molecule has 2 aliphatic rings. The summed E-state index contributed by atoms with van der Waals surface area (Å²) in [7, 11) is 0. The fourth-order valence-electron chi connectivity index (χ4n) is 3.76. The summed E-state index contributed by atoms with van der Waals surface area (Å²) < 4.78 is 6.14. The molecule has 3 rings (SSSR count). The van der Waals surface area contributed by atoms with E-state index in [1.807, 2.05) is 0 Å². The predicted octanol–water partition coefficient (Wildman–Crippen LogP) is 3.84. The summed E-state index contributed by atoms with van der Waals surface area (Å²) in [5.74, 6) is 1.35. The molecule has 19 heavy (non-hydrogen) atoms. The molecule has 2 fully saturated rings. The van der Waals surface area contributed by atoms with Crippen molar-refractivity contribution in [3.05, 3.63) is 35.9 Å². The molecule has 0 saturated carbocycles. The first kappa shape index (κ1) is 13.1. The number of fused-ring (bicyclic) bond motifs is 1. The van der Waals surface area contributed by atoms with Crippen molar-refractivity contribution >= 4 is 0 Å². The van der Waals surface area contributed by atoms with Gasteiger partial charge in [0.2, 0.25) is 0 Å². The van der Waals surface area contributed by atoms with Crippen molar-refractivity contribution in [1.82, 2.24) is 4.90 Å². The highest BCUT2D eigenvalue weighted by atomic mass is 16.5. The van der Waals surface area contributed by atoms with E-state index in [0.717, 1.165) is 6.61 Å². The lowest BCUT2D eigenvalue weighted by Crippen LogP contribution is -2.50. The van der Waals surface area contributed by atoms with Gasteiger partial charge in [0.05, 0.1) is 12.6 Å². The zero-order valence-electron chi connectivity index (χ0n) is 12.3. The van der Waals surface area contributed by atoms with E-state index in [-0.39, 0.29) is 0 Å². The summed E-state index contributed by atoms with van der Waals surface area (Å²) in [6.45, 7) is 7.88. The molecule has 2 nitrogen and oxygen atoms in total. The molecular formula is C17H25NO. The molecule has 0 amide bonds. The molecule has 1 aromatic carbocycles. The van der Waals surface area contributed by atoms with Gasteiger partial charge in [-0.3, -0.25) is 4.90 Å². The molecule has 0 radical (unpaired) electrons. The highest BCUT2D eigenvalue weighted by Crippen LogP contribution is 2.42. The van der Waals surface area contributed by atoms with Crippen LogP contribution in [0.1, 0.15) is 45.2 Å². The van der Waals surface area contributed by atoms with Crippen LogP contribution in [0.4, 0.5) is 0 Å². The maximum absolute atomic E-state index is 6.14. The average molecular weight is 259 g/mol. The van der Waals surface area contributed by atoms with Gasteiger partial charge in [-0.15, -0.1) is 0 Å². The molecular weight excluding hydrogens is 234 g/mol. The third-order valence-electron chi connectivity index (χ3n) is 4.82. The molecule has 0 N–H and O–H groups in total. The van der Waals surface area contributed by atoms with Crippen molar-refractivity contribution in [3.8, 4) is 0 Å². The Kier molecular flexibility index (Phi) is 3.64. The van der Waals surface area contributed by atoms with E-state index in [1.165, 1.54) is 18.4 Å². The zero-order valence-corrected chi connectivity index (χ0v) is 12.3. The lowest BCUT2D eigenvalue weighted by molar-refractivity contribution is -0.0722. The molecule has 2 heteroatoms. The van der Waals surface area contributed by atoms with Crippen molar-refractivity contribution in [2.45, 2.75) is 51.9 Å². The van der Waals surface area contributed by atoms with E-state index >= 15 is 0 Å². The van der Waals surface area contributed by atoms with Crippen LogP contribution in [0.3, 0.4) is 0 Å². The smallest absolute Gasteiger partial charge is 0.114 e. The predicted molar refractivity (Wildman–Crippen MR) is 77.8 cm³/mol. The molecule has 0 bridgehead atoms. The molecule has 2 heterocycles. The molecule has 1 aromatic rings. The third-order valence-corrected chi connectivity index (χ3v) is 4.82. The summed E-state index contributed by atoms with van der Waals surface area (Å²) in [6, 6.07) is 12.0. The molecule has 0 aliphatic carbocycles. The van der Waals surface area contributed by atoms with E-state index in [2.05, 4.69) is 56.0 Å². The normalized spacial score (nSPS) is 35.6. The number of ether oxygens (including phenoxy) is 1. The first-order chi connectivity index (χ1) is 9.18. The molecule has 0 spiro atoms. The van der Waals surface area contributed by atoms with Crippen molar-refractivity contribution in [2.75, 3.05) is 6.61 Å². The Morgan fingerprint density at radius 3 is 2.58 bits per heavy atom. The average Bonchev–Trinajstić information content (AvgIpc) is 2.85. The summed E-state index contributed by atoms with van der Waals surface area (Å²) in [6.07, 6.45) is 2.93. The van der Waals surface area contributed by atoms with Crippen LogP contribution in [0.25, 0.3) is 0 Å². The van der Waals surface area contributed by atoms with E-state index in [1.54, 1.807) is 0 Å². The maximum atomic E-state index is 6.14. The largest absolute Gasteiger partial charge is 0.361 e. The second kappa shape index (κ2) is 5.26. The van der Waals surface area contributed by atoms with Gasteiger partial charge in [-0.1, -0.05) is 51.1 Å². The topological polar surface area (TPSA) is 12.5 Å². The van der Waals surface area contributed by atoms with Crippen LogP contribution in [0.15, 0.2) is 30.3 Å². The van der Waals surface area contributed by atoms with Gasteiger partial charge in [0.15, 0.2) is 0 Å². The minimum atomic E-state index is 0.325. The first-order valence-electron chi connectivity index (χ1n) is 7.62. The Morgan fingerprint density at radius 2 is 1.89 bits per heavy atom. The molecule has 4 atom stereocenters. The minimum absolute atomic E-state index is 0.325. The van der Waals surface area contributed by atoms with Gasteiger partial charge < -0.3 is 4.74 Å². The Hall–Kier alpha value is -0.860. The maximum Gasteiger partial charge on any atom is 0.114 e. The molecule has 2 saturated heterocycles. The van der Waals surface area contributed by atoms with Crippen LogP contribution in [-0.4, -0.2) is 23.8 Å². The summed E-state index contributed by atoms with van der Waals surface area (Å²) in [5.41, 5.74) is 1.41. The van der Waals surface area contributed by atoms with Crippen molar-refractivity contribution in [1.29, 1.82) is 0 Å². The summed E-state index contributed by atoms with van der Waals surface area (Å²) >= 11 is 0. The van der Waals surface area contributed by atoms with Gasteiger partial charge in [0.25, 0.3) is 0 Å². The highest BCUT2D eigenvalue weighted by molar-refractivity contribution is 5.21. The van der Waals surface area contributed by atoms with Gasteiger partial charge in [-0.2, -0.15) is 0 Å². The quantitative estimate of drug-likeness (QED) is 0.800. The van der Waals surface area contributed by atoms with Crippen LogP contribution >= 0.6 is 0 Å². The lowest BCUT2D eigenvalue weighted by atomic mass is 9.85. The lowest BCUT2D eigenvalue weighted by Gasteiger charge is -2.44. The van der Waals surface area contributed by atoms with Crippen molar-refractivity contribution < 1.29 is 4.74 Å². The van der Waals surface area contributed by atoms with Crippen LogP contribution in [0.5, 0.6) is 0 Å².